The Morgan fingerprint density at radius 3 is 2.83 bits per heavy atom. The van der Waals surface area contributed by atoms with Gasteiger partial charge >= 0.3 is 0 Å². The zero-order valence-electron chi connectivity index (χ0n) is 13.4. The molecule has 2 aromatic heterocycles. The predicted molar refractivity (Wildman–Crippen MR) is 93.9 cm³/mol. The summed E-state index contributed by atoms with van der Waals surface area (Å²) in [6.07, 6.45) is 4.09. The summed E-state index contributed by atoms with van der Waals surface area (Å²) in [5.41, 5.74) is 2.45. The Labute approximate surface area is 138 Å². The molecule has 0 aliphatic carbocycles. The molecule has 0 spiro atoms. The van der Waals surface area contributed by atoms with Gasteiger partial charge in [0.1, 0.15) is 17.7 Å². The van der Waals surface area contributed by atoms with Crippen LogP contribution >= 0.6 is 0 Å². The summed E-state index contributed by atoms with van der Waals surface area (Å²) in [6.45, 7) is 3.75. The number of rotatable bonds is 3. The summed E-state index contributed by atoms with van der Waals surface area (Å²) in [6, 6.07) is 10.8. The number of hydrogen-bond acceptors (Lipinski definition) is 4. The van der Waals surface area contributed by atoms with E-state index in [4.69, 9.17) is 4.42 Å². The summed E-state index contributed by atoms with van der Waals surface area (Å²) >= 11 is 0. The fourth-order valence-electron chi connectivity index (χ4n) is 2.32. The van der Waals surface area contributed by atoms with E-state index >= 15 is 0 Å². The molecular formula is C19H16N2O3. The van der Waals surface area contributed by atoms with Crippen LogP contribution < -0.4 is 10.7 Å². The first-order valence-corrected chi connectivity index (χ1v) is 7.48. The first kappa shape index (κ1) is 15.7. The van der Waals surface area contributed by atoms with Crippen LogP contribution in [0.15, 0.2) is 57.9 Å². The summed E-state index contributed by atoms with van der Waals surface area (Å²) in [5.74, 6) is 0.0997. The third-order valence-electron chi connectivity index (χ3n) is 3.51. The van der Waals surface area contributed by atoms with Crippen molar-refractivity contribution in [3.05, 3.63) is 75.8 Å². The number of amides is 1. The van der Waals surface area contributed by atoms with E-state index in [9.17, 15) is 9.59 Å². The topological polar surface area (TPSA) is 72.2 Å². The van der Waals surface area contributed by atoms with E-state index in [1.54, 1.807) is 18.2 Å². The van der Waals surface area contributed by atoms with E-state index in [1.165, 1.54) is 18.4 Å². The number of pyridine rings is 1. The SMILES string of the molecule is Cc1ccc2occ(/C=C/C(=O)Nc3cccc(C)n3)c(=O)c2c1. The molecule has 5 nitrogen and oxygen atoms in total. The molecule has 0 saturated carbocycles. The maximum absolute atomic E-state index is 12.4. The second kappa shape index (κ2) is 6.50. The fraction of sp³-hybridized carbons (Fsp3) is 0.105. The molecular weight excluding hydrogens is 304 g/mol. The Bertz CT molecular complexity index is 1000. The van der Waals surface area contributed by atoms with Gasteiger partial charge in [-0.15, -0.1) is 0 Å². The van der Waals surface area contributed by atoms with Crippen LogP contribution in [0.4, 0.5) is 5.82 Å². The zero-order valence-corrected chi connectivity index (χ0v) is 13.4. The van der Waals surface area contributed by atoms with Crippen LogP contribution in [0.2, 0.25) is 0 Å². The Balaban J connectivity index is 1.84. The zero-order chi connectivity index (χ0) is 17.1. The molecule has 0 aliphatic heterocycles. The van der Waals surface area contributed by atoms with Crippen molar-refractivity contribution in [3.8, 4) is 0 Å². The molecule has 2 heterocycles. The van der Waals surface area contributed by atoms with Gasteiger partial charge in [-0.05, 0) is 44.2 Å². The molecule has 1 N–H and O–H groups in total. The van der Waals surface area contributed by atoms with Gasteiger partial charge in [-0.3, -0.25) is 9.59 Å². The van der Waals surface area contributed by atoms with Gasteiger partial charge in [0.2, 0.25) is 5.91 Å². The van der Waals surface area contributed by atoms with E-state index in [-0.39, 0.29) is 11.3 Å². The normalized spacial score (nSPS) is 11.1. The minimum atomic E-state index is -0.364. The highest BCUT2D eigenvalue weighted by molar-refractivity contribution is 6.01. The summed E-state index contributed by atoms with van der Waals surface area (Å²) in [7, 11) is 0. The van der Waals surface area contributed by atoms with Crippen molar-refractivity contribution in [3.63, 3.8) is 0 Å². The maximum atomic E-state index is 12.4. The van der Waals surface area contributed by atoms with E-state index in [0.717, 1.165) is 11.3 Å². The highest BCUT2D eigenvalue weighted by Gasteiger charge is 2.06. The number of nitrogens with one attached hydrogen (secondary N) is 1. The van der Waals surface area contributed by atoms with Gasteiger partial charge < -0.3 is 9.73 Å². The first-order valence-electron chi connectivity index (χ1n) is 7.48. The van der Waals surface area contributed by atoms with Crippen molar-refractivity contribution in [1.82, 2.24) is 4.98 Å². The Morgan fingerprint density at radius 2 is 2.04 bits per heavy atom. The highest BCUT2D eigenvalue weighted by Crippen LogP contribution is 2.14. The lowest BCUT2D eigenvalue weighted by molar-refractivity contribution is -0.111. The second-order valence-corrected chi connectivity index (χ2v) is 5.51. The van der Waals surface area contributed by atoms with E-state index in [0.29, 0.717) is 22.4 Å². The average Bonchev–Trinajstić information content (AvgIpc) is 2.55. The average molecular weight is 320 g/mol. The van der Waals surface area contributed by atoms with Crippen LogP contribution in [0, 0.1) is 13.8 Å². The molecule has 0 unspecified atom stereocenters. The molecule has 0 fully saturated rings. The molecule has 3 aromatic rings. The van der Waals surface area contributed by atoms with Gasteiger partial charge in [0.25, 0.3) is 0 Å². The lowest BCUT2D eigenvalue weighted by Crippen LogP contribution is -2.10. The van der Waals surface area contributed by atoms with Crippen LogP contribution in [0.5, 0.6) is 0 Å². The number of anilines is 1. The molecule has 120 valence electrons. The number of aromatic nitrogens is 1. The molecule has 0 aliphatic rings. The largest absolute Gasteiger partial charge is 0.463 e. The van der Waals surface area contributed by atoms with Gasteiger partial charge in [0, 0.05) is 11.8 Å². The number of aryl methyl sites for hydroxylation is 2. The van der Waals surface area contributed by atoms with Crippen LogP contribution in [0.1, 0.15) is 16.8 Å². The smallest absolute Gasteiger partial charge is 0.249 e. The minimum absolute atomic E-state index is 0.169. The van der Waals surface area contributed by atoms with Crippen LogP contribution in [0.3, 0.4) is 0 Å². The Morgan fingerprint density at radius 1 is 1.21 bits per heavy atom. The van der Waals surface area contributed by atoms with Gasteiger partial charge in [-0.2, -0.15) is 0 Å². The first-order chi connectivity index (χ1) is 11.5. The Kier molecular flexibility index (Phi) is 4.24. The highest BCUT2D eigenvalue weighted by atomic mass is 16.3. The fourth-order valence-corrected chi connectivity index (χ4v) is 2.32. The van der Waals surface area contributed by atoms with Crippen molar-refractivity contribution in [2.75, 3.05) is 5.32 Å². The lowest BCUT2D eigenvalue weighted by Gasteiger charge is -2.02. The van der Waals surface area contributed by atoms with E-state index < -0.39 is 0 Å². The maximum Gasteiger partial charge on any atom is 0.249 e. The lowest BCUT2D eigenvalue weighted by atomic mass is 10.1. The molecule has 0 radical (unpaired) electrons. The second-order valence-electron chi connectivity index (χ2n) is 5.51. The summed E-state index contributed by atoms with van der Waals surface area (Å²) < 4.78 is 5.45. The van der Waals surface area contributed by atoms with Gasteiger partial charge in [0.15, 0.2) is 5.43 Å². The molecule has 1 amide bonds. The monoisotopic (exact) mass is 320 g/mol. The molecule has 0 bridgehead atoms. The number of fused-ring (bicyclic) bond motifs is 1. The predicted octanol–water partition coefficient (Wildman–Crippen LogP) is 3.46. The van der Waals surface area contributed by atoms with Crippen molar-refractivity contribution >= 4 is 28.8 Å². The van der Waals surface area contributed by atoms with E-state index in [2.05, 4.69) is 10.3 Å². The van der Waals surface area contributed by atoms with Gasteiger partial charge in [-0.25, -0.2) is 4.98 Å². The molecule has 24 heavy (non-hydrogen) atoms. The van der Waals surface area contributed by atoms with Crippen LogP contribution in [0.25, 0.3) is 17.0 Å². The van der Waals surface area contributed by atoms with Gasteiger partial charge in [0.05, 0.1) is 10.9 Å². The third kappa shape index (κ3) is 3.41. The quantitative estimate of drug-likeness (QED) is 0.750. The Hall–Kier alpha value is -3.21. The van der Waals surface area contributed by atoms with Crippen molar-refractivity contribution in [1.29, 1.82) is 0 Å². The minimum Gasteiger partial charge on any atom is -0.463 e. The summed E-state index contributed by atoms with van der Waals surface area (Å²) in [5, 5.41) is 3.15. The van der Waals surface area contributed by atoms with Crippen molar-refractivity contribution in [2.45, 2.75) is 13.8 Å². The molecule has 0 atom stereocenters. The summed E-state index contributed by atoms with van der Waals surface area (Å²) in [4.78, 5) is 28.6. The number of carbonyl (C=O) groups is 1. The number of benzene rings is 1. The molecule has 1 aromatic carbocycles. The third-order valence-corrected chi connectivity index (χ3v) is 3.51. The molecule has 3 rings (SSSR count). The number of hydrogen-bond donors (Lipinski definition) is 1. The van der Waals surface area contributed by atoms with Crippen molar-refractivity contribution in [2.24, 2.45) is 0 Å². The van der Waals surface area contributed by atoms with Crippen molar-refractivity contribution < 1.29 is 9.21 Å². The van der Waals surface area contributed by atoms with Crippen LogP contribution in [-0.4, -0.2) is 10.9 Å². The van der Waals surface area contributed by atoms with Crippen LogP contribution in [-0.2, 0) is 4.79 Å². The molecule has 0 saturated heterocycles. The number of nitrogens with zero attached hydrogens (tertiary/aromatic N) is 1. The van der Waals surface area contributed by atoms with Gasteiger partial charge in [-0.1, -0.05) is 17.7 Å². The standard InChI is InChI=1S/C19H16N2O3/c1-12-6-8-16-15(10-12)19(23)14(11-24-16)7-9-18(22)21-17-5-3-4-13(2)20-17/h3-11H,1-2H3,(H,20,21,22)/b9-7+. The molecule has 5 heteroatoms. The number of carbonyl (C=O) groups excluding carboxylic acids is 1. The van der Waals surface area contributed by atoms with E-state index in [1.807, 2.05) is 32.0 Å².